The predicted octanol–water partition coefficient (Wildman–Crippen LogP) is 1.14. The Morgan fingerprint density at radius 3 is 2.28 bits per heavy atom. The molecule has 2 saturated heterocycles. The Labute approximate surface area is 316 Å². The van der Waals surface area contributed by atoms with Crippen LogP contribution in [-0.2, 0) is 29.8 Å². The number of imide groups is 1. The molecule has 18 nitrogen and oxygen atoms in total. The van der Waals surface area contributed by atoms with E-state index in [2.05, 4.69) is 21.3 Å². The summed E-state index contributed by atoms with van der Waals surface area (Å²) in [6, 6.07) is 2.02. The van der Waals surface area contributed by atoms with Gasteiger partial charge in [0.15, 0.2) is 0 Å². The number of fused-ring (bicyclic) bond motifs is 1. The van der Waals surface area contributed by atoms with Crippen molar-refractivity contribution in [3.63, 3.8) is 0 Å². The van der Waals surface area contributed by atoms with Gasteiger partial charge in [0.25, 0.3) is 32.1 Å². The summed E-state index contributed by atoms with van der Waals surface area (Å²) in [6.07, 6.45) is 5.96. The molecule has 4 atom stereocenters. The summed E-state index contributed by atoms with van der Waals surface area (Å²) in [5.41, 5.74) is 10.7. The van der Waals surface area contributed by atoms with Gasteiger partial charge in [0.2, 0.25) is 11.8 Å². The fourth-order valence-corrected chi connectivity index (χ4v) is 9.67. The van der Waals surface area contributed by atoms with Crippen molar-refractivity contribution in [1.29, 1.82) is 0 Å². The van der Waals surface area contributed by atoms with Crippen LogP contribution in [0, 0.1) is 0 Å². The summed E-state index contributed by atoms with van der Waals surface area (Å²) in [4.78, 5) is 62.1. The number of nitrogens with two attached hydrogens (primary N) is 2. The van der Waals surface area contributed by atoms with Crippen molar-refractivity contribution in [2.75, 3.05) is 31.1 Å². The minimum atomic E-state index is -4.97. The average Bonchev–Trinajstić information content (AvgIpc) is 3.66. The van der Waals surface area contributed by atoms with Crippen molar-refractivity contribution >= 4 is 78.1 Å². The summed E-state index contributed by atoms with van der Waals surface area (Å²) in [5.74, 6) is -1.22. The Morgan fingerprint density at radius 2 is 1.57 bits per heavy atom. The number of thioether (sulfide) groups is 1. The first-order chi connectivity index (χ1) is 25.5. The molecule has 0 aliphatic carbocycles. The Hall–Kier alpha value is -4.02. The number of anilines is 1. The zero-order valence-corrected chi connectivity index (χ0v) is 31.8. The van der Waals surface area contributed by atoms with E-state index in [0.29, 0.717) is 50.3 Å². The molecule has 3 aliphatic rings. The van der Waals surface area contributed by atoms with Crippen molar-refractivity contribution in [2.24, 2.45) is 5.73 Å². The smallest absolute Gasteiger partial charge is 0.315 e. The Bertz CT molecular complexity index is 2020. The van der Waals surface area contributed by atoms with Crippen LogP contribution in [-0.4, -0.2) is 109 Å². The molecule has 2 fully saturated rings. The molecule has 2 aromatic rings. The average molecular weight is 812 g/mol. The number of nitrogens with zero attached hydrogens (tertiary/aromatic N) is 1. The van der Waals surface area contributed by atoms with Crippen LogP contribution in [0.15, 0.2) is 28.0 Å². The monoisotopic (exact) mass is 811 g/mol. The summed E-state index contributed by atoms with van der Waals surface area (Å²) in [7, 11) is -9.86. The number of amides is 6. The van der Waals surface area contributed by atoms with Crippen molar-refractivity contribution < 1.29 is 49.9 Å². The lowest BCUT2D eigenvalue weighted by Gasteiger charge is -2.28. The molecular formula is C33H45N7O11S3. The standard InChI is InChI=1S/C33H45N7O11S3/c34-22(8-4-6-11-36-26(41)10-3-2-9-24-29-23(17-52-24)38-33(45)39-29)30(42)37-12-5-1-7-13-40-31(43)20-15-18(53(46,47)48)14-19-27(20)21(32(40)44)16-25(28(19)35)54(49,50)51/h14-16,22-24,29H,1-13,17,34-35H2,(H,36,41)(H,37,42)(H2,38,39,45)(H,46,47,48)(H,49,50,51)/t22?,23-,24-,29-/m0/s1. The van der Waals surface area contributed by atoms with Crippen LogP contribution in [0.3, 0.4) is 0 Å². The lowest BCUT2D eigenvalue weighted by atomic mass is 9.93. The van der Waals surface area contributed by atoms with Crippen molar-refractivity contribution in [3.8, 4) is 0 Å². The number of nitrogen functional groups attached to an aromatic ring is 1. The van der Waals surface area contributed by atoms with Gasteiger partial charge >= 0.3 is 6.03 Å². The first-order valence-electron chi connectivity index (χ1n) is 17.7. The molecule has 5 rings (SSSR count). The molecule has 3 heterocycles. The van der Waals surface area contributed by atoms with Crippen molar-refractivity contribution in [3.05, 3.63) is 29.3 Å². The topological polar surface area (TPSA) is 297 Å². The fraction of sp³-hybridized carbons (Fsp3) is 0.545. The van der Waals surface area contributed by atoms with Gasteiger partial charge < -0.3 is 32.7 Å². The number of nitrogens with one attached hydrogen (secondary N) is 4. The minimum absolute atomic E-state index is 0.0243. The minimum Gasteiger partial charge on any atom is -0.397 e. The quantitative estimate of drug-likeness (QED) is 0.0325. The highest BCUT2D eigenvalue weighted by atomic mass is 32.2. The summed E-state index contributed by atoms with van der Waals surface area (Å²) >= 11 is 1.85. The second-order valence-corrected chi connectivity index (χ2v) is 17.7. The second-order valence-electron chi connectivity index (χ2n) is 13.6. The van der Waals surface area contributed by atoms with E-state index in [1.165, 1.54) is 0 Å². The van der Waals surface area contributed by atoms with Gasteiger partial charge in [-0.15, -0.1) is 0 Å². The Balaban J connectivity index is 0.982. The van der Waals surface area contributed by atoms with Gasteiger partial charge in [-0.25, -0.2) is 4.79 Å². The third kappa shape index (κ3) is 9.61. The molecule has 296 valence electrons. The third-order valence-electron chi connectivity index (χ3n) is 9.78. The van der Waals surface area contributed by atoms with Crippen LogP contribution >= 0.6 is 11.8 Å². The summed E-state index contributed by atoms with van der Waals surface area (Å²) in [6.45, 7) is 0.615. The van der Waals surface area contributed by atoms with E-state index < -0.39 is 53.6 Å². The molecule has 21 heteroatoms. The van der Waals surface area contributed by atoms with Crippen LogP contribution in [0.4, 0.5) is 10.5 Å². The van der Waals surface area contributed by atoms with E-state index in [1.807, 2.05) is 11.8 Å². The number of benzene rings is 2. The van der Waals surface area contributed by atoms with E-state index in [4.69, 9.17) is 11.5 Å². The van der Waals surface area contributed by atoms with E-state index in [9.17, 15) is 49.9 Å². The lowest BCUT2D eigenvalue weighted by molar-refractivity contribution is -0.123. The van der Waals surface area contributed by atoms with Gasteiger partial charge in [0.1, 0.15) is 4.90 Å². The van der Waals surface area contributed by atoms with Gasteiger partial charge in [-0.2, -0.15) is 28.6 Å². The van der Waals surface area contributed by atoms with Crippen molar-refractivity contribution in [1.82, 2.24) is 26.2 Å². The molecule has 1 unspecified atom stereocenters. The molecule has 10 N–H and O–H groups in total. The first-order valence-corrected chi connectivity index (χ1v) is 21.6. The molecule has 3 aliphatic heterocycles. The van der Waals surface area contributed by atoms with Gasteiger partial charge in [-0.3, -0.25) is 33.2 Å². The molecule has 54 heavy (non-hydrogen) atoms. The van der Waals surface area contributed by atoms with Crippen LogP contribution in [0.25, 0.3) is 10.8 Å². The van der Waals surface area contributed by atoms with E-state index in [0.717, 1.165) is 48.1 Å². The zero-order chi connectivity index (χ0) is 39.4. The van der Waals surface area contributed by atoms with Crippen LogP contribution in [0.2, 0.25) is 0 Å². The molecule has 0 radical (unpaired) electrons. The van der Waals surface area contributed by atoms with Gasteiger partial charge in [0, 0.05) is 47.8 Å². The normalized spacial score (nSPS) is 20.1. The van der Waals surface area contributed by atoms with Gasteiger partial charge in [-0.05, 0) is 69.6 Å². The molecule has 6 amide bonds. The lowest BCUT2D eigenvalue weighted by Crippen LogP contribution is -2.41. The molecular weight excluding hydrogens is 767 g/mol. The molecule has 0 bridgehead atoms. The van der Waals surface area contributed by atoms with E-state index in [-0.39, 0.29) is 71.3 Å². The van der Waals surface area contributed by atoms with Gasteiger partial charge in [0.05, 0.1) is 39.8 Å². The number of carbonyl (C=O) groups is 5. The third-order valence-corrected chi connectivity index (χ3v) is 13.0. The molecule has 0 aromatic heterocycles. The maximum Gasteiger partial charge on any atom is 0.315 e. The highest BCUT2D eigenvalue weighted by Crippen LogP contribution is 2.39. The first kappa shape index (κ1) is 41.1. The number of rotatable bonds is 19. The maximum absolute atomic E-state index is 13.4. The van der Waals surface area contributed by atoms with Crippen LogP contribution in [0.5, 0.6) is 0 Å². The Kier molecular flexibility index (Phi) is 13.1. The number of carbonyl (C=O) groups excluding carboxylic acids is 5. The highest BCUT2D eigenvalue weighted by Gasteiger charge is 2.42. The molecule has 0 spiro atoms. The van der Waals surface area contributed by atoms with Gasteiger partial charge in [-0.1, -0.05) is 6.42 Å². The van der Waals surface area contributed by atoms with Crippen molar-refractivity contribution in [2.45, 2.75) is 97.4 Å². The predicted molar refractivity (Wildman–Crippen MR) is 199 cm³/mol. The number of hydrogen-bond donors (Lipinski definition) is 8. The van der Waals surface area contributed by atoms with E-state index in [1.54, 1.807) is 0 Å². The largest absolute Gasteiger partial charge is 0.397 e. The summed E-state index contributed by atoms with van der Waals surface area (Å²) in [5, 5.41) is 11.5. The maximum atomic E-state index is 13.4. The SMILES string of the molecule is Nc1c(S(=O)(=O)O)cc2c3c(cc(S(=O)(=O)O)cc13)C(=O)N(CCCCCNC(=O)C(N)CCCCNC(=O)CCCC[C@@H]1SC[C@@H]3NC(=O)N[C@@H]31)C2=O. The number of hydrogen-bond acceptors (Lipinski definition) is 12. The highest BCUT2D eigenvalue weighted by molar-refractivity contribution is 8.00. The zero-order valence-electron chi connectivity index (χ0n) is 29.3. The molecule has 0 saturated carbocycles. The fourth-order valence-electron chi connectivity index (χ4n) is 6.94. The van der Waals surface area contributed by atoms with E-state index >= 15 is 0 Å². The van der Waals surface area contributed by atoms with Crippen LogP contribution in [0.1, 0.15) is 84.9 Å². The van der Waals surface area contributed by atoms with Crippen LogP contribution < -0.4 is 32.7 Å². The molecule has 2 aromatic carbocycles. The Morgan fingerprint density at radius 1 is 0.889 bits per heavy atom. The second kappa shape index (κ2) is 17.2. The number of urea groups is 1. The number of unbranched alkanes of at least 4 members (excludes halogenated alkanes) is 4. The summed E-state index contributed by atoms with van der Waals surface area (Å²) < 4.78 is 67.3.